The summed E-state index contributed by atoms with van der Waals surface area (Å²) < 4.78 is 5.83. The summed E-state index contributed by atoms with van der Waals surface area (Å²) in [5.41, 5.74) is 6.87. The molecule has 1 saturated heterocycles. The summed E-state index contributed by atoms with van der Waals surface area (Å²) in [5, 5.41) is 18.4. The third-order valence-electron chi connectivity index (χ3n) is 9.34. The number of aliphatic hydroxyl groups is 1. The van der Waals surface area contributed by atoms with Crippen molar-refractivity contribution in [3.8, 4) is 0 Å². The van der Waals surface area contributed by atoms with Crippen molar-refractivity contribution in [2.75, 3.05) is 18.8 Å². The van der Waals surface area contributed by atoms with Crippen LogP contribution in [0.3, 0.4) is 0 Å². The number of pyridine rings is 1. The van der Waals surface area contributed by atoms with Crippen LogP contribution in [0.15, 0.2) is 59.8 Å². The van der Waals surface area contributed by atoms with E-state index in [4.69, 9.17) is 10.5 Å². The summed E-state index contributed by atoms with van der Waals surface area (Å²) >= 11 is 1.58. The molecule has 4 rings (SSSR count). The van der Waals surface area contributed by atoms with E-state index in [1.54, 1.807) is 22.9 Å². The summed E-state index contributed by atoms with van der Waals surface area (Å²) in [6.45, 7) is 4.95. The normalized spacial score (nSPS) is 18.5. The van der Waals surface area contributed by atoms with Gasteiger partial charge in [-0.3, -0.25) is 9.59 Å². The number of ether oxygens (including phenoxy) is 1. The highest BCUT2D eigenvalue weighted by Crippen LogP contribution is 2.29. The summed E-state index contributed by atoms with van der Waals surface area (Å²) in [6, 6.07) is 13.9. The molecule has 3 amide bonds. The molecule has 1 saturated carbocycles. The number of piperidine rings is 1. The fourth-order valence-electron chi connectivity index (χ4n) is 6.56. The number of rotatable bonds is 16. The summed E-state index contributed by atoms with van der Waals surface area (Å²) in [6.07, 6.45) is 8.17. The molecule has 0 spiro atoms. The number of benzene rings is 1. The lowest BCUT2D eigenvalue weighted by molar-refractivity contribution is -0.135. The first kappa shape index (κ1) is 37.7. The maximum Gasteiger partial charge on any atom is 0.410 e. The van der Waals surface area contributed by atoms with Crippen LogP contribution in [0.5, 0.6) is 0 Å². The third kappa shape index (κ3) is 12.7. The number of aromatic nitrogens is 1. The van der Waals surface area contributed by atoms with E-state index in [1.807, 2.05) is 62.4 Å². The Morgan fingerprint density at radius 2 is 1.69 bits per heavy atom. The summed E-state index contributed by atoms with van der Waals surface area (Å²) in [5.74, 6) is 0.350. The number of nitrogens with two attached hydrogens (primary N) is 1. The molecule has 2 fully saturated rings. The van der Waals surface area contributed by atoms with E-state index >= 15 is 0 Å². The van der Waals surface area contributed by atoms with E-state index in [9.17, 15) is 19.5 Å². The van der Waals surface area contributed by atoms with Crippen LogP contribution in [0.1, 0.15) is 83.6 Å². The van der Waals surface area contributed by atoms with Crippen LogP contribution in [0.25, 0.3) is 0 Å². The van der Waals surface area contributed by atoms with Gasteiger partial charge >= 0.3 is 6.09 Å². The second-order valence-electron chi connectivity index (χ2n) is 13.8. The van der Waals surface area contributed by atoms with E-state index < -0.39 is 36.3 Å². The highest BCUT2D eigenvalue weighted by molar-refractivity contribution is 7.99. The molecule has 48 heavy (non-hydrogen) atoms. The van der Waals surface area contributed by atoms with Crippen LogP contribution in [-0.2, 0) is 20.7 Å². The molecule has 1 unspecified atom stereocenters. The molecule has 1 aliphatic heterocycles. The zero-order chi connectivity index (χ0) is 34.3. The van der Waals surface area contributed by atoms with Crippen molar-refractivity contribution in [2.45, 2.75) is 120 Å². The SMILES string of the molecule is CC(C)CC(NC(=O)[C@H](Cc1ccccc1)OC(=O)N1CCC(N)CC1)C(=O)N[C@@H](CC1CCCCC1)[C@@H](O)CCSc1ccccn1. The third-order valence-corrected chi connectivity index (χ3v) is 10.3. The van der Waals surface area contributed by atoms with Gasteiger partial charge in [-0.05, 0) is 61.6 Å². The Morgan fingerprint density at radius 1 is 0.979 bits per heavy atom. The summed E-state index contributed by atoms with van der Waals surface area (Å²) in [4.78, 5) is 46.9. The number of nitrogens with zero attached hydrogens (tertiary/aromatic N) is 2. The molecule has 10 nitrogen and oxygen atoms in total. The molecular formula is C37H55N5O5S. The molecule has 1 aliphatic carbocycles. The second kappa shape index (κ2) is 19.7. The Labute approximate surface area is 290 Å². The van der Waals surface area contributed by atoms with Crippen molar-refractivity contribution >= 4 is 29.7 Å². The second-order valence-corrected chi connectivity index (χ2v) is 14.9. The zero-order valence-corrected chi connectivity index (χ0v) is 29.4. The van der Waals surface area contributed by atoms with E-state index in [1.165, 1.54) is 6.42 Å². The molecule has 4 atom stereocenters. The number of hydrogen-bond donors (Lipinski definition) is 4. The molecule has 0 radical (unpaired) electrons. The largest absolute Gasteiger partial charge is 0.436 e. The van der Waals surface area contributed by atoms with Crippen molar-refractivity contribution < 1.29 is 24.2 Å². The van der Waals surface area contributed by atoms with E-state index in [-0.39, 0.29) is 24.3 Å². The van der Waals surface area contributed by atoms with Crippen LogP contribution in [0.4, 0.5) is 4.79 Å². The van der Waals surface area contributed by atoms with Gasteiger partial charge in [0, 0.05) is 37.5 Å². The Kier molecular flexibility index (Phi) is 15.5. The zero-order valence-electron chi connectivity index (χ0n) is 28.6. The van der Waals surface area contributed by atoms with Gasteiger partial charge in [0.15, 0.2) is 6.10 Å². The minimum atomic E-state index is -1.12. The topological polar surface area (TPSA) is 147 Å². The van der Waals surface area contributed by atoms with Crippen molar-refractivity contribution in [3.05, 3.63) is 60.3 Å². The fraction of sp³-hybridized carbons (Fsp3) is 0.622. The molecule has 2 aliphatic rings. The predicted molar refractivity (Wildman–Crippen MR) is 189 cm³/mol. The van der Waals surface area contributed by atoms with Gasteiger partial charge in [0.2, 0.25) is 5.91 Å². The quantitative estimate of drug-likeness (QED) is 0.180. The van der Waals surface area contributed by atoms with Gasteiger partial charge in [-0.15, -0.1) is 11.8 Å². The number of aliphatic hydroxyl groups excluding tert-OH is 1. The lowest BCUT2D eigenvalue weighted by Gasteiger charge is -2.32. The molecule has 0 bridgehead atoms. The lowest BCUT2D eigenvalue weighted by Crippen LogP contribution is -2.55. The predicted octanol–water partition coefficient (Wildman–Crippen LogP) is 5.08. The average Bonchev–Trinajstić information content (AvgIpc) is 3.08. The Hall–Kier alpha value is -3.15. The van der Waals surface area contributed by atoms with Crippen LogP contribution in [0.2, 0.25) is 0 Å². The average molecular weight is 682 g/mol. The van der Waals surface area contributed by atoms with Crippen LogP contribution in [-0.4, -0.2) is 82.1 Å². The number of hydrogen-bond acceptors (Lipinski definition) is 8. The highest BCUT2D eigenvalue weighted by Gasteiger charge is 2.33. The number of likely N-dealkylation sites (tertiary alicyclic amines) is 1. The van der Waals surface area contributed by atoms with Crippen LogP contribution >= 0.6 is 11.8 Å². The number of nitrogens with one attached hydrogen (secondary N) is 2. The number of carbonyl (C=O) groups excluding carboxylic acids is 3. The summed E-state index contributed by atoms with van der Waals surface area (Å²) in [7, 11) is 0. The van der Waals surface area contributed by atoms with Crippen LogP contribution in [0, 0.1) is 11.8 Å². The fourth-order valence-corrected chi connectivity index (χ4v) is 7.44. The van der Waals surface area contributed by atoms with E-state index in [2.05, 4.69) is 15.6 Å². The monoisotopic (exact) mass is 681 g/mol. The van der Waals surface area contributed by atoms with Gasteiger partial charge in [-0.25, -0.2) is 9.78 Å². The van der Waals surface area contributed by atoms with Gasteiger partial charge in [0.1, 0.15) is 6.04 Å². The highest BCUT2D eigenvalue weighted by atomic mass is 32.2. The van der Waals surface area contributed by atoms with E-state index in [0.29, 0.717) is 56.9 Å². The molecule has 264 valence electrons. The Morgan fingerprint density at radius 3 is 2.35 bits per heavy atom. The van der Waals surface area contributed by atoms with Gasteiger partial charge in [-0.1, -0.05) is 82.3 Å². The Bertz CT molecular complexity index is 1260. The first-order valence-corrected chi connectivity index (χ1v) is 18.7. The maximum atomic E-state index is 14.0. The van der Waals surface area contributed by atoms with E-state index in [0.717, 1.165) is 36.3 Å². The van der Waals surface area contributed by atoms with Crippen molar-refractivity contribution in [3.63, 3.8) is 0 Å². The van der Waals surface area contributed by atoms with Crippen molar-refractivity contribution in [2.24, 2.45) is 17.6 Å². The first-order valence-electron chi connectivity index (χ1n) is 17.8. The molecule has 11 heteroatoms. The minimum Gasteiger partial charge on any atom is -0.436 e. The van der Waals surface area contributed by atoms with Crippen LogP contribution < -0.4 is 16.4 Å². The molecule has 1 aromatic heterocycles. The number of carbonyl (C=O) groups is 3. The van der Waals surface area contributed by atoms with Crippen molar-refractivity contribution in [1.82, 2.24) is 20.5 Å². The first-order chi connectivity index (χ1) is 23.2. The van der Waals surface area contributed by atoms with Gasteiger partial charge in [0.05, 0.1) is 17.2 Å². The van der Waals surface area contributed by atoms with Gasteiger partial charge in [0.25, 0.3) is 5.91 Å². The Balaban J connectivity index is 1.45. The van der Waals surface area contributed by atoms with Crippen molar-refractivity contribution in [1.29, 1.82) is 0 Å². The molecule has 1 aromatic carbocycles. The minimum absolute atomic E-state index is 0.0489. The molecule has 5 N–H and O–H groups in total. The standard InChI is InChI=1S/C37H55N5O5S/c1-26(2)23-31(41-36(45)33(25-28-13-7-4-8-14-28)47-37(46)42-20-16-29(38)17-21-42)35(44)40-30(24-27-11-5-3-6-12-27)32(43)18-22-48-34-15-9-10-19-39-34/h4,7-10,13-15,19,26-27,29-33,43H,3,5-6,11-12,16-18,20-25,38H2,1-2H3,(H,40,44)(H,41,45)/t30-,31?,32-,33-/m0/s1. The lowest BCUT2D eigenvalue weighted by atomic mass is 9.83. The van der Waals surface area contributed by atoms with Gasteiger partial charge < -0.3 is 31.1 Å². The molecule has 2 heterocycles. The number of amides is 3. The molecule has 2 aromatic rings. The molecular weight excluding hydrogens is 627 g/mol. The number of thioether (sulfide) groups is 1. The smallest absolute Gasteiger partial charge is 0.410 e. The maximum absolute atomic E-state index is 14.0. The van der Waals surface area contributed by atoms with Gasteiger partial charge in [-0.2, -0.15) is 0 Å².